The molecule has 1 atom stereocenters. The van der Waals surface area contributed by atoms with Crippen LogP contribution in [0.3, 0.4) is 0 Å². The van der Waals surface area contributed by atoms with Gasteiger partial charge >= 0.3 is 0 Å². The molecular formula is C24H27ClN2O4. The lowest BCUT2D eigenvalue weighted by molar-refractivity contribution is -0.151. The number of furan rings is 1. The van der Waals surface area contributed by atoms with Crippen molar-refractivity contribution in [2.24, 2.45) is 5.92 Å². The van der Waals surface area contributed by atoms with Gasteiger partial charge in [-0.1, -0.05) is 29.8 Å². The maximum absolute atomic E-state index is 13.6. The fourth-order valence-corrected chi connectivity index (χ4v) is 5.28. The van der Waals surface area contributed by atoms with Crippen LogP contribution in [0.1, 0.15) is 54.4 Å². The molecule has 1 aromatic carbocycles. The highest BCUT2D eigenvalue weighted by Crippen LogP contribution is 2.43. The van der Waals surface area contributed by atoms with Crippen molar-refractivity contribution in [2.45, 2.75) is 44.1 Å². The number of carbonyl (C=O) groups is 3. The van der Waals surface area contributed by atoms with Crippen molar-refractivity contribution in [2.75, 3.05) is 20.1 Å². The molecule has 1 saturated carbocycles. The Labute approximate surface area is 187 Å². The molecular weight excluding hydrogens is 416 g/mol. The van der Waals surface area contributed by atoms with Gasteiger partial charge in [0.2, 0.25) is 5.91 Å². The predicted octanol–water partition coefficient (Wildman–Crippen LogP) is 4.28. The number of Topliss-reactive ketones (excluding diaryl/α,β-unsaturated/α-hetero) is 1. The van der Waals surface area contributed by atoms with Crippen LogP contribution in [0.5, 0.6) is 0 Å². The number of amides is 2. The maximum atomic E-state index is 13.6. The van der Waals surface area contributed by atoms with E-state index in [0.29, 0.717) is 54.9 Å². The van der Waals surface area contributed by atoms with E-state index in [0.717, 1.165) is 12.8 Å². The highest BCUT2D eigenvalue weighted by atomic mass is 35.5. The topological polar surface area (TPSA) is 70.8 Å². The van der Waals surface area contributed by atoms with E-state index in [1.165, 1.54) is 12.5 Å². The molecule has 2 aromatic rings. The van der Waals surface area contributed by atoms with Crippen LogP contribution in [0.25, 0.3) is 0 Å². The van der Waals surface area contributed by atoms with Gasteiger partial charge in [-0.15, -0.1) is 0 Å². The Morgan fingerprint density at radius 1 is 1.16 bits per heavy atom. The molecule has 2 heterocycles. The van der Waals surface area contributed by atoms with Gasteiger partial charge in [0, 0.05) is 43.1 Å². The molecule has 6 nitrogen and oxygen atoms in total. The van der Waals surface area contributed by atoms with Crippen molar-refractivity contribution < 1.29 is 18.8 Å². The molecule has 0 bridgehead atoms. The fraction of sp³-hybridized carbons (Fsp3) is 0.458. The summed E-state index contributed by atoms with van der Waals surface area (Å²) in [5.41, 5.74) is 0.217. The van der Waals surface area contributed by atoms with Crippen LogP contribution in [0.4, 0.5) is 0 Å². The van der Waals surface area contributed by atoms with E-state index in [1.807, 2.05) is 18.2 Å². The monoisotopic (exact) mass is 442 g/mol. The lowest BCUT2D eigenvalue weighted by Gasteiger charge is -2.45. The number of likely N-dealkylation sites (tertiary alicyclic amines) is 1. The van der Waals surface area contributed by atoms with Gasteiger partial charge in [0.05, 0.1) is 11.8 Å². The van der Waals surface area contributed by atoms with Crippen molar-refractivity contribution in [3.63, 3.8) is 0 Å². The van der Waals surface area contributed by atoms with Crippen molar-refractivity contribution in [3.8, 4) is 0 Å². The number of rotatable bonds is 4. The molecule has 4 rings (SSSR count). The summed E-state index contributed by atoms with van der Waals surface area (Å²) < 4.78 is 5.01. The van der Waals surface area contributed by atoms with E-state index in [2.05, 4.69) is 0 Å². The minimum Gasteiger partial charge on any atom is -0.472 e. The average Bonchev–Trinajstić information content (AvgIpc) is 3.34. The molecule has 1 saturated heterocycles. The van der Waals surface area contributed by atoms with E-state index in [4.69, 9.17) is 16.0 Å². The van der Waals surface area contributed by atoms with Crippen LogP contribution in [-0.2, 0) is 15.1 Å². The first-order valence-electron chi connectivity index (χ1n) is 10.8. The van der Waals surface area contributed by atoms with Crippen molar-refractivity contribution in [1.29, 1.82) is 0 Å². The largest absolute Gasteiger partial charge is 0.472 e. The average molecular weight is 443 g/mol. The zero-order chi connectivity index (χ0) is 22.0. The summed E-state index contributed by atoms with van der Waals surface area (Å²) in [6, 6.07) is 8.99. The van der Waals surface area contributed by atoms with Gasteiger partial charge in [-0.2, -0.15) is 0 Å². The van der Waals surface area contributed by atoms with E-state index >= 15 is 0 Å². The molecule has 0 radical (unpaired) electrons. The third-order valence-corrected chi connectivity index (χ3v) is 7.11. The van der Waals surface area contributed by atoms with E-state index in [1.54, 1.807) is 29.0 Å². The Hall–Kier alpha value is -2.60. The first-order valence-corrected chi connectivity index (χ1v) is 11.2. The zero-order valence-electron chi connectivity index (χ0n) is 17.7. The second-order valence-corrected chi connectivity index (χ2v) is 8.85. The molecule has 2 amide bonds. The fourth-order valence-electron chi connectivity index (χ4n) is 4.99. The molecule has 164 valence electrons. The van der Waals surface area contributed by atoms with E-state index < -0.39 is 5.54 Å². The van der Waals surface area contributed by atoms with Crippen molar-refractivity contribution >= 4 is 29.2 Å². The smallest absolute Gasteiger partial charge is 0.257 e. The minimum absolute atomic E-state index is 0.0504. The van der Waals surface area contributed by atoms with E-state index in [-0.39, 0.29) is 23.5 Å². The molecule has 2 fully saturated rings. The number of likely N-dealkylation sites (N-methyl/N-ethyl adjacent to an activating group) is 1. The lowest BCUT2D eigenvalue weighted by atomic mass is 9.73. The number of piperidine rings is 1. The number of nitrogens with zero attached hydrogens (tertiary/aromatic N) is 2. The standard InChI is InChI=1S/C24H27ClN2O4/c1-26(24(12-5-4-8-21(24)28)19-6-2-3-7-20(19)25)22(29)17-9-13-27(14-10-17)23(30)18-11-15-31-16-18/h2-3,6-7,11,15-17H,4-5,8-10,12-14H2,1H3. The zero-order valence-corrected chi connectivity index (χ0v) is 18.4. The minimum atomic E-state index is -1.02. The molecule has 1 aliphatic heterocycles. The molecule has 31 heavy (non-hydrogen) atoms. The van der Waals surface area contributed by atoms with Gasteiger partial charge in [0.15, 0.2) is 5.78 Å². The van der Waals surface area contributed by atoms with Crippen LogP contribution < -0.4 is 0 Å². The second kappa shape index (κ2) is 8.87. The van der Waals surface area contributed by atoms with Gasteiger partial charge in [0.1, 0.15) is 11.8 Å². The van der Waals surface area contributed by atoms with Crippen molar-refractivity contribution in [3.05, 3.63) is 59.0 Å². The number of ketones is 1. The predicted molar refractivity (Wildman–Crippen MR) is 117 cm³/mol. The third kappa shape index (κ3) is 3.89. The van der Waals surface area contributed by atoms with Crippen LogP contribution >= 0.6 is 11.6 Å². The molecule has 1 unspecified atom stereocenters. The second-order valence-electron chi connectivity index (χ2n) is 8.45. The van der Waals surface area contributed by atoms with Crippen molar-refractivity contribution in [1.82, 2.24) is 9.80 Å². The Morgan fingerprint density at radius 3 is 2.55 bits per heavy atom. The van der Waals surface area contributed by atoms with Gasteiger partial charge in [-0.3, -0.25) is 14.4 Å². The normalized spacial score (nSPS) is 22.4. The number of benzene rings is 1. The SMILES string of the molecule is CN(C(=O)C1CCN(C(=O)c2ccoc2)CC1)C1(c2ccccc2Cl)CCCCC1=O. The van der Waals surface area contributed by atoms with Crippen LogP contribution in [0, 0.1) is 5.92 Å². The first kappa shape index (κ1) is 21.6. The number of hydrogen-bond donors (Lipinski definition) is 0. The number of hydrogen-bond acceptors (Lipinski definition) is 4. The quantitative estimate of drug-likeness (QED) is 0.708. The number of carbonyl (C=O) groups excluding carboxylic acids is 3. The highest BCUT2D eigenvalue weighted by molar-refractivity contribution is 6.31. The summed E-state index contributed by atoms with van der Waals surface area (Å²) in [7, 11) is 1.73. The highest BCUT2D eigenvalue weighted by Gasteiger charge is 2.49. The Kier molecular flexibility index (Phi) is 6.19. The number of halogens is 1. The van der Waals surface area contributed by atoms with Gasteiger partial charge < -0.3 is 14.2 Å². The van der Waals surface area contributed by atoms with Crippen LogP contribution in [-0.4, -0.2) is 47.5 Å². The molecule has 7 heteroatoms. The summed E-state index contributed by atoms with van der Waals surface area (Å²) in [6.45, 7) is 1.00. The summed E-state index contributed by atoms with van der Waals surface area (Å²) in [5, 5.41) is 0.512. The third-order valence-electron chi connectivity index (χ3n) is 6.78. The summed E-state index contributed by atoms with van der Waals surface area (Å²) in [6.07, 6.45) is 6.78. The van der Waals surface area contributed by atoms with Crippen LogP contribution in [0.15, 0.2) is 47.3 Å². The first-order chi connectivity index (χ1) is 14.9. The molecule has 0 N–H and O–H groups in total. The Morgan fingerprint density at radius 2 is 1.90 bits per heavy atom. The summed E-state index contributed by atoms with van der Waals surface area (Å²) in [5.74, 6) is -0.309. The Bertz CT molecular complexity index is 966. The molecule has 0 spiro atoms. The summed E-state index contributed by atoms with van der Waals surface area (Å²) in [4.78, 5) is 42.8. The van der Waals surface area contributed by atoms with Gasteiger partial charge in [-0.25, -0.2) is 0 Å². The molecule has 2 aliphatic rings. The summed E-state index contributed by atoms with van der Waals surface area (Å²) >= 11 is 6.51. The van der Waals surface area contributed by atoms with Gasteiger partial charge in [0.25, 0.3) is 5.91 Å². The molecule has 1 aromatic heterocycles. The maximum Gasteiger partial charge on any atom is 0.257 e. The molecule has 1 aliphatic carbocycles. The van der Waals surface area contributed by atoms with Crippen LogP contribution in [0.2, 0.25) is 5.02 Å². The van der Waals surface area contributed by atoms with Gasteiger partial charge in [-0.05, 0) is 44.2 Å². The Balaban J connectivity index is 1.53. The van der Waals surface area contributed by atoms with E-state index in [9.17, 15) is 14.4 Å². The lowest BCUT2D eigenvalue weighted by Crippen LogP contribution is -2.56.